The van der Waals surface area contributed by atoms with Gasteiger partial charge in [0.2, 0.25) is 5.91 Å². The highest BCUT2D eigenvalue weighted by Crippen LogP contribution is 2.24. The van der Waals surface area contributed by atoms with Gasteiger partial charge >= 0.3 is 12.1 Å². The van der Waals surface area contributed by atoms with Crippen molar-refractivity contribution in [1.29, 1.82) is 0 Å². The normalized spacial score (nSPS) is 21.3. The zero-order chi connectivity index (χ0) is 22.8. The van der Waals surface area contributed by atoms with Crippen molar-refractivity contribution in [2.45, 2.75) is 25.2 Å². The van der Waals surface area contributed by atoms with E-state index in [0.29, 0.717) is 5.56 Å². The number of urea groups is 1. The molecule has 1 aromatic carbocycles. The molecule has 2 fully saturated rings. The number of hydrogen-bond donors (Lipinski definition) is 1. The number of nitrogens with one attached hydrogen (secondary N) is 1. The second kappa shape index (κ2) is 8.85. The van der Waals surface area contributed by atoms with Crippen molar-refractivity contribution in [2.75, 3.05) is 25.9 Å². The average Bonchev–Trinajstić information content (AvgIpc) is 3.20. The van der Waals surface area contributed by atoms with Gasteiger partial charge in [-0.3, -0.25) is 24.4 Å². The molecule has 3 rings (SSSR count). The number of amides is 4. The molecule has 2 heterocycles. The Morgan fingerprint density at radius 3 is 2.52 bits per heavy atom. The molecule has 2 aliphatic heterocycles. The number of hydrogen-bond acceptors (Lipinski definition) is 9. The molecule has 0 aliphatic carbocycles. The third kappa shape index (κ3) is 5.88. The van der Waals surface area contributed by atoms with Crippen LogP contribution in [0.4, 0.5) is 15.3 Å². The number of rotatable bonds is 7. The maximum Gasteiger partial charge on any atom is 0.410 e. The minimum Gasteiger partial charge on any atom is -0.445 e. The van der Waals surface area contributed by atoms with E-state index < -0.39 is 45.2 Å². The summed E-state index contributed by atoms with van der Waals surface area (Å²) in [6, 6.07) is 4.22. The molecule has 0 bridgehead atoms. The highest BCUT2D eigenvalue weighted by molar-refractivity contribution is 7.86. The van der Waals surface area contributed by atoms with E-state index in [1.807, 2.05) is 0 Å². The third-order valence-electron chi connectivity index (χ3n) is 4.73. The maximum absolute atomic E-state index is 12.6. The van der Waals surface area contributed by atoms with Gasteiger partial charge in [0, 0.05) is 18.7 Å². The Balaban J connectivity index is 1.66. The molecule has 0 unspecified atom stereocenters. The Kier molecular flexibility index (Phi) is 6.40. The van der Waals surface area contributed by atoms with Crippen LogP contribution in [0.25, 0.3) is 0 Å². The molecule has 13 nitrogen and oxygen atoms in total. The van der Waals surface area contributed by atoms with Crippen molar-refractivity contribution >= 4 is 33.8 Å². The number of carbonyl (C=O) groups excluding carboxylic acids is 3. The van der Waals surface area contributed by atoms with E-state index in [1.165, 1.54) is 34.1 Å². The van der Waals surface area contributed by atoms with E-state index >= 15 is 0 Å². The topological polar surface area (TPSA) is 165 Å². The van der Waals surface area contributed by atoms with E-state index in [9.17, 15) is 32.9 Å². The fraction of sp³-hybridized carbons (Fsp3) is 0.471. The van der Waals surface area contributed by atoms with Crippen LogP contribution in [-0.4, -0.2) is 79.2 Å². The Labute approximate surface area is 177 Å². The number of imide groups is 1. The second-order valence-electron chi connectivity index (χ2n) is 7.18. The summed E-state index contributed by atoms with van der Waals surface area (Å²) >= 11 is 0. The van der Waals surface area contributed by atoms with Crippen molar-refractivity contribution in [3.63, 3.8) is 0 Å². The van der Waals surface area contributed by atoms with Gasteiger partial charge in [-0.1, -0.05) is 0 Å². The van der Waals surface area contributed by atoms with Gasteiger partial charge in [0.1, 0.15) is 13.2 Å². The fourth-order valence-corrected chi connectivity index (χ4v) is 4.05. The average molecular weight is 456 g/mol. The van der Waals surface area contributed by atoms with Gasteiger partial charge < -0.3 is 14.5 Å². The molecule has 2 atom stereocenters. The minimum atomic E-state index is -3.77. The van der Waals surface area contributed by atoms with Crippen LogP contribution in [0.2, 0.25) is 0 Å². The molecule has 0 radical (unpaired) electrons. The number of likely N-dealkylation sites (tertiary alicyclic amines) is 1. The third-order valence-corrected chi connectivity index (χ3v) is 5.35. The summed E-state index contributed by atoms with van der Waals surface area (Å²) < 4.78 is 33.2. The molecule has 1 N–H and O–H groups in total. The van der Waals surface area contributed by atoms with E-state index in [2.05, 4.69) is 5.32 Å². The molecule has 2 aliphatic rings. The summed E-state index contributed by atoms with van der Waals surface area (Å²) in [4.78, 5) is 48.5. The summed E-state index contributed by atoms with van der Waals surface area (Å²) in [5, 5.41) is 12.8. The Hall–Kier alpha value is -3.26. The van der Waals surface area contributed by atoms with Gasteiger partial charge in [-0.2, -0.15) is 8.42 Å². The van der Waals surface area contributed by atoms with Gasteiger partial charge in [0.05, 0.1) is 29.9 Å². The van der Waals surface area contributed by atoms with E-state index in [1.54, 1.807) is 0 Å². The summed E-state index contributed by atoms with van der Waals surface area (Å²) in [5.74, 6) is -0.473. The molecule has 14 heteroatoms. The number of nitrogens with zero attached hydrogens (tertiary/aromatic N) is 3. The Morgan fingerprint density at radius 2 is 1.97 bits per heavy atom. The SMILES string of the molecule is CS(=O)(=O)O[C@@H]1C[C@@H](CN2CC(=O)NC2=O)N(C(=O)OCc2ccc([N+](=O)[O-])cc2)C1. The van der Waals surface area contributed by atoms with Crippen LogP contribution >= 0.6 is 0 Å². The molecule has 0 saturated carbocycles. The van der Waals surface area contributed by atoms with Gasteiger partial charge in [-0.15, -0.1) is 0 Å². The maximum atomic E-state index is 12.6. The molecule has 0 spiro atoms. The van der Waals surface area contributed by atoms with E-state index in [-0.39, 0.29) is 38.3 Å². The first-order chi connectivity index (χ1) is 14.5. The van der Waals surface area contributed by atoms with Crippen LogP contribution in [0.1, 0.15) is 12.0 Å². The monoisotopic (exact) mass is 456 g/mol. The van der Waals surface area contributed by atoms with Crippen LogP contribution < -0.4 is 5.32 Å². The smallest absolute Gasteiger partial charge is 0.410 e. The lowest BCUT2D eigenvalue weighted by Gasteiger charge is -2.26. The van der Waals surface area contributed by atoms with Crippen molar-refractivity contribution in [2.24, 2.45) is 0 Å². The van der Waals surface area contributed by atoms with Crippen molar-refractivity contribution in [3.8, 4) is 0 Å². The van der Waals surface area contributed by atoms with Gasteiger partial charge in [0.15, 0.2) is 0 Å². The van der Waals surface area contributed by atoms with E-state index in [4.69, 9.17) is 8.92 Å². The van der Waals surface area contributed by atoms with Crippen LogP contribution in [0.5, 0.6) is 0 Å². The first kappa shape index (κ1) is 22.4. The van der Waals surface area contributed by atoms with Crippen molar-refractivity contribution in [1.82, 2.24) is 15.1 Å². The zero-order valence-electron chi connectivity index (χ0n) is 16.4. The number of carbonyl (C=O) groups is 3. The van der Waals surface area contributed by atoms with E-state index in [0.717, 1.165) is 6.26 Å². The zero-order valence-corrected chi connectivity index (χ0v) is 17.2. The lowest BCUT2D eigenvalue weighted by atomic mass is 10.2. The van der Waals surface area contributed by atoms with Crippen LogP contribution in [0, 0.1) is 10.1 Å². The van der Waals surface area contributed by atoms with Crippen LogP contribution in [0.15, 0.2) is 24.3 Å². The molecule has 0 aromatic heterocycles. The Morgan fingerprint density at radius 1 is 1.29 bits per heavy atom. The largest absolute Gasteiger partial charge is 0.445 e. The molecular weight excluding hydrogens is 436 g/mol. The summed E-state index contributed by atoms with van der Waals surface area (Å²) in [5.41, 5.74) is 0.414. The summed E-state index contributed by atoms with van der Waals surface area (Å²) in [6.07, 6.45) is -0.579. The van der Waals surface area contributed by atoms with Crippen LogP contribution in [-0.2, 0) is 30.4 Å². The van der Waals surface area contributed by atoms with Crippen LogP contribution in [0.3, 0.4) is 0 Å². The number of nitro benzene ring substituents is 1. The number of ether oxygens (including phenoxy) is 1. The minimum absolute atomic E-state index is 0.00612. The lowest BCUT2D eigenvalue weighted by molar-refractivity contribution is -0.384. The predicted molar refractivity (Wildman–Crippen MR) is 103 cm³/mol. The standard InChI is InChI=1S/C17H20N4O9S/c1-31(27,28)30-14-6-13(7-19-9-15(22)18-16(19)23)20(8-14)17(24)29-10-11-2-4-12(5-3-11)21(25)26/h2-5,13-14H,6-10H2,1H3,(H,18,22,23)/t13-,14+/m0/s1. The predicted octanol–water partition coefficient (Wildman–Crippen LogP) is 0.202. The first-order valence-electron chi connectivity index (χ1n) is 9.15. The van der Waals surface area contributed by atoms with Crippen molar-refractivity contribution < 1.29 is 36.6 Å². The second-order valence-corrected chi connectivity index (χ2v) is 8.78. The lowest BCUT2D eigenvalue weighted by Crippen LogP contribution is -2.44. The molecule has 168 valence electrons. The molecule has 2 saturated heterocycles. The quantitative estimate of drug-likeness (QED) is 0.261. The van der Waals surface area contributed by atoms with Crippen molar-refractivity contribution in [3.05, 3.63) is 39.9 Å². The number of benzene rings is 1. The summed E-state index contributed by atoms with van der Waals surface area (Å²) in [6.45, 7) is -0.424. The first-order valence-corrected chi connectivity index (χ1v) is 11.0. The summed E-state index contributed by atoms with van der Waals surface area (Å²) in [7, 11) is -3.77. The molecule has 31 heavy (non-hydrogen) atoms. The van der Waals surface area contributed by atoms with Gasteiger partial charge in [0.25, 0.3) is 15.8 Å². The fourth-order valence-electron chi connectivity index (χ4n) is 3.41. The number of nitro groups is 1. The highest BCUT2D eigenvalue weighted by atomic mass is 32.2. The Bertz CT molecular complexity index is 995. The number of non-ortho nitro benzene ring substituents is 1. The molecular formula is C17H20N4O9S. The van der Waals surface area contributed by atoms with Gasteiger partial charge in [-0.25, -0.2) is 9.59 Å². The molecule has 4 amide bonds. The highest BCUT2D eigenvalue weighted by Gasteiger charge is 2.41. The molecule has 1 aromatic rings. The van der Waals surface area contributed by atoms with Gasteiger partial charge in [-0.05, 0) is 24.1 Å².